The number of nitrogens with zero attached hydrogens (tertiary/aromatic N) is 1. The Balaban J connectivity index is 3.04. The van der Waals surface area contributed by atoms with Crippen LogP contribution in [0.15, 0.2) is 29.1 Å². The number of hydrogen-bond acceptors (Lipinski definition) is 3. The zero-order valence-corrected chi connectivity index (χ0v) is 6.30. The van der Waals surface area contributed by atoms with E-state index in [9.17, 15) is 10.0 Å². The van der Waals surface area contributed by atoms with Crippen molar-refractivity contribution in [2.75, 3.05) is 0 Å². The fourth-order valence-electron chi connectivity index (χ4n) is 0.952. The molecule has 0 spiro atoms. The Morgan fingerprint density at radius 3 is 2.82 bits per heavy atom. The summed E-state index contributed by atoms with van der Waals surface area (Å²) in [4.78, 5) is 11.0. The van der Waals surface area contributed by atoms with Gasteiger partial charge < -0.3 is 5.21 Å². The third-order valence-electron chi connectivity index (χ3n) is 1.46. The van der Waals surface area contributed by atoms with Gasteiger partial charge in [0.15, 0.2) is 0 Å². The van der Waals surface area contributed by atoms with Gasteiger partial charge in [0.2, 0.25) is 0 Å². The number of rotatable bonds is 0. The van der Waals surface area contributed by atoms with E-state index in [-0.39, 0.29) is 0 Å². The lowest BCUT2D eigenvalue weighted by Gasteiger charge is -1.96. The van der Waals surface area contributed by atoms with Gasteiger partial charge in [-0.05, 0) is 12.1 Å². The summed E-state index contributed by atoms with van der Waals surface area (Å²) in [6, 6.07) is 6.97. The minimum Gasteiger partial charge on any atom is -0.795 e. The van der Waals surface area contributed by atoms with Crippen molar-refractivity contribution < 1.29 is 0 Å². The van der Waals surface area contributed by atoms with Crippen LogP contribution in [0.5, 0.6) is 0 Å². The Labute approximate surface area is 66.2 Å². The molecule has 0 amide bonds. The fraction of sp³-hybridized carbons (Fsp3) is 0. The van der Waals surface area contributed by atoms with Gasteiger partial charge in [-0.15, -0.1) is 0 Å². The van der Waals surface area contributed by atoms with Gasteiger partial charge in [0.1, 0.15) is 0 Å². The van der Waals surface area contributed by atoms with Crippen molar-refractivity contribution in [3.05, 3.63) is 39.8 Å². The fourth-order valence-corrected chi connectivity index (χ4v) is 1.71. The van der Waals surface area contributed by atoms with Crippen molar-refractivity contribution in [2.45, 2.75) is 0 Å². The molecule has 1 aromatic heterocycles. The van der Waals surface area contributed by atoms with E-state index in [0.29, 0.717) is 9.51 Å². The smallest absolute Gasteiger partial charge is 0.264 e. The highest BCUT2D eigenvalue weighted by molar-refractivity contribution is 7.13. The van der Waals surface area contributed by atoms with Crippen LogP contribution in [-0.2, 0) is 0 Å². The van der Waals surface area contributed by atoms with Gasteiger partial charge in [-0.25, -0.2) is 0 Å². The molecule has 0 aliphatic heterocycles. The Bertz CT molecular complexity index is 443. The predicted octanol–water partition coefficient (Wildman–Crippen LogP) is 1.41. The first-order valence-electron chi connectivity index (χ1n) is 3.07. The van der Waals surface area contributed by atoms with Crippen LogP contribution in [0.4, 0.5) is 0 Å². The van der Waals surface area contributed by atoms with Gasteiger partial charge in [0.25, 0.3) is 5.56 Å². The molecule has 0 saturated heterocycles. The van der Waals surface area contributed by atoms with Gasteiger partial charge in [-0.2, -0.15) is 0 Å². The van der Waals surface area contributed by atoms with E-state index >= 15 is 0 Å². The van der Waals surface area contributed by atoms with Crippen molar-refractivity contribution in [3.8, 4) is 0 Å². The van der Waals surface area contributed by atoms with Crippen LogP contribution in [0.2, 0.25) is 0 Å². The molecule has 0 atom stereocenters. The van der Waals surface area contributed by atoms with Crippen molar-refractivity contribution >= 4 is 21.6 Å². The van der Waals surface area contributed by atoms with Gasteiger partial charge in [-0.1, -0.05) is 23.7 Å². The SMILES string of the molecule is O=c1c2ccccc2sn1[O-]. The predicted molar refractivity (Wildman–Crippen MR) is 44.9 cm³/mol. The summed E-state index contributed by atoms with van der Waals surface area (Å²) in [6.45, 7) is 0. The van der Waals surface area contributed by atoms with Crippen LogP contribution in [0.25, 0.3) is 10.1 Å². The number of hydrogen-bond donors (Lipinski definition) is 0. The molecule has 2 rings (SSSR count). The molecule has 0 aliphatic carbocycles. The van der Waals surface area contributed by atoms with Crippen LogP contribution in [0.3, 0.4) is 0 Å². The molecule has 3 nitrogen and oxygen atoms in total. The molecule has 0 bridgehead atoms. The van der Waals surface area contributed by atoms with Crippen molar-refractivity contribution in [1.82, 2.24) is 4.12 Å². The van der Waals surface area contributed by atoms with E-state index in [1.165, 1.54) is 0 Å². The molecule has 0 fully saturated rings. The van der Waals surface area contributed by atoms with E-state index < -0.39 is 5.56 Å². The standard InChI is InChI=1S/C7H4NO2S/c9-7-5-3-1-2-4-6(5)11-8(7)10/h1-4H/q-1. The average molecular weight is 166 g/mol. The van der Waals surface area contributed by atoms with Gasteiger partial charge >= 0.3 is 0 Å². The normalized spacial score (nSPS) is 10.5. The molecule has 0 radical (unpaired) electrons. The molecule has 4 heteroatoms. The van der Waals surface area contributed by atoms with E-state index in [4.69, 9.17) is 0 Å². The summed E-state index contributed by atoms with van der Waals surface area (Å²) < 4.78 is 1.14. The quantitative estimate of drug-likeness (QED) is 0.594. The molecule has 2 aromatic rings. The zero-order chi connectivity index (χ0) is 7.84. The highest BCUT2D eigenvalue weighted by Crippen LogP contribution is 2.14. The third-order valence-corrected chi connectivity index (χ3v) is 2.35. The summed E-state index contributed by atoms with van der Waals surface area (Å²) in [5.74, 6) is 0. The minimum absolute atomic E-state index is 0.394. The molecule has 0 saturated carbocycles. The van der Waals surface area contributed by atoms with E-state index in [1.54, 1.807) is 24.3 Å². The van der Waals surface area contributed by atoms with Gasteiger partial charge in [0, 0.05) is 0 Å². The molecule has 0 aliphatic rings. The summed E-state index contributed by atoms with van der Waals surface area (Å²) >= 11 is 0.927. The Morgan fingerprint density at radius 2 is 2.09 bits per heavy atom. The number of benzene rings is 1. The number of aromatic nitrogens is 1. The Morgan fingerprint density at radius 1 is 1.36 bits per heavy atom. The second-order valence-corrected chi connectivity index (χ2v) is 3.10. The van der Waals surface area contributed by atoms with E-state index in [1.807, 2.05) is 0 Å². The van der Waals surface area contributed by atoms with Crippen molar-refractivity contribution in [3.63, 3.8) is 0 Å². The lowest BCUT2D eigenvalue weighted by molar-refractivity contribution is 1.17. The van der Waals surface area contributed by atoms with Crippen LogP contribution in [-0.4, -0.2) is 4.12 Å². The summed E-state index contributed by atoms with van der Waals surface area (Å²) in [7, 11) is 0. The number of fused-ring (bicyclic) bond motifs is 1. The zero-order valence-electron chi connectivity index (χ0n) is 5.48. The topological polar surface area (TPSA) is 45.1 Å². The average Bonchev–Trinajstić information content (AvgIpc) is 2.30. The largest absolute Gasteiger partial charge is 0.795 e. The molecular weight excluding hydrogens is 162 g/mol. The van der Waals surface area contributed by atoms with Crippen LogP contribution in [0, 0.1) is 5.21 Å². The molecular formula is C7H4NO2S-. The van der Waals surface area contributed by atoms with Crippen molar-refractivity contribution in [2.24, 2.45) is 0 Å². The second-order valence-electron chi connectivity index (χ2n) is 2.15. The summed E-state index contributed by atoms with van der Waals surface area (Å²) in [6.07, 6.45) is 0. The molecule has 0 unspecified atom stereocenters. The maximum absolute atomic E-state index is 11.0. The highest BCUT2D eigenvalue weighted by Gasteiger charge is 1.98. The third kappa shape index (κ3) is 0.832. The first-order valence-corrected chi connectivity index (χ1v) is 3.85. The Hall–Kier alpha value is -1.29. The monoisotopic (exact) mass is 166 g/mol. The minimum atomic E-state index is -0.453. The van der Waals surface area contributed by atoms with E-state index in [0.717, 1.165) is 16.2 Å². The van der Waals surface area contributed by atoms with Crippen LogP contribution < -0.4 is 5.56 Å². The molecule has 11 heavy (non-hydrogen) atoms. The maximum atomic E-state index is 11.0. The molecule has 1 heterocycles. The van der Waals surface area contributed by atoms with Crippen LogP contribution >= 0.6 is 11.5 Å². The summed E-state index contributed by atoms with van der Waals surface area (Å²) in [5, 5.41) is 11.3. The molecule has 1 aromatic carbocycles. The van der Waals surface area contributed by atoms with Crippen LogP contribution in [0.1, 0.15) is 0 Å². The van der Waals surface area contributed by atoms with E-state index in [2.05, 4.69) is 0 Å². The first-order chi connectivity index (χ1) is 5.29. The molecule has 0 N–H and O–H groups in total. The van der Waals surface area contributed by atoms with Gasteiger partial charge in [-0.3, -0.25) is 8.91 Å². The second kappa shape index (κ2) is 2.10. The molecule has 56 valence electrons. The lowest BCUT2D eigenvalue weighted by atomic mass is 10.3. The highest BCUT2D eigenvalue weighted by atomic mass is 32.1. The Kier molecular flexibility index (Phi) is 1.22. The lowest BCUT2D eigenvalue weighted by Crippen LogP contribution is -2.05. The first kappa shape index (κ1) is 6.42. The van der Waals surface area contributed by atoms with Gasteiger partial charge in [0.05, 0.1) is 10.1 Å². The van der Waals surface area contributed by atoms with Crippen molar-refractivity contribution in [1.29, 1.82) is 0 Å². The summed E-state index contributed by atoms with van der Waals surface area (Å²) in [5.41, 5.74) is -0.453. The maximum Gasteiger partial charge on any atom is 0.264 e.